The van der Waals surface area contributed by atoms with Gasteiger partial charge in [0.15, 0.2) is 0 Å². The molecule has 216 valence electrons. The van der Waals surface area contributed by atoms with Gasteiger partial charge in [-0.1, -0.05) is 48.5 Å². The zero-order chi connectivity index (χ0) is 30.2. The first kappa shape index (κ1) is 29.0. The van der Waals surface area contributed by atoms with E-state index in [1.54, 1.807) is 48.5 Å². The van der Waals surface area contributed by atoms with Crippen LogP contribution >= 0.6 is 0 Å². The zero-order valence-electron chi connectivity index (χ0n) is 23.1. The smallest absolute Gasteiger partial charge is 0.343 e. The fraction of sp³-hybridized carbons (Fsp3) is 0.0606. The topological polar surface area (TPSA) is 123 Å². The van der Waals surface area contributed by atoms with Crippen molar-refractivity contribution in [2.45, 2.75) is 11.8 Å². The number of amides is 1. The summed E-state index contributed by atoms with van der Waals surface area (Å²) in [4.78, 5) is 25.8. The van der Waals surface area contributed by atoms with Crippen LogP contribution in [-0.2, 0) is 10.0 Å². The van der Waals surface area contributed by atoms with Crippen molar-refractivity contribution in [1.29, 1.82) is 0 Å². The van der Waals surface area contributed by atoms with Gasteiger partial charge in [-0.25, -0.2) is 18.6 Å². The summed E-state index contributed by atoms with van der Waals surface area (Å²) in [6.45, 7) is 2.39. The van der Waals surface area contributed by atoms with Crippen molar-refractivity contribution in [3.8, 4) is 11.5 Å². The molecule has 0 radical (unpaired) electrons. The molecule has 5 aromatic carbocycles. The lowest BCUT2D eigenvalue weighted by molar-refractivity contribution is 0.0734. The molecule has 0 bridgehead atoms. The predicted molar refractivity (Wildman–Crippen MR) is 165 cm³/mol. The van der Waals surface area contributed by atoms with Crippen molar-refractivity contribution in [3.63, 3.8) is 0 Å². The molecule has 0 heterocycles. The minimum Gasteiger partial charge on any atom is -0.494 e. The molecule has 0 atom stereocenters. The number of benzene rings is 5. The molecule has 5 aromatic rings. The summed E-state index contributed by atoms with van der Waals surface area (Å²) in [7, 11) is -3.76. The van der Waals surface area contributed by atoms with Crippen LogP contribution in [0, 0.1) is 0 Å². The van der Waals surface area contributed by atoms with Gasteiger partial charge in [0, 0.05) is 16.8 Å². The first-order valence-corrected chi connectivity index (χ1v) is 14.8. The Hall–Kier alpha value is -5.48. The maximum Gasteiger partial charge on any atom is 0.343 e. The van der Waals surface area contributed by atoms with Gasteiger partial charge in [-0.3, -0.25) is 9.52 Å². The van der Waals surface area contributed by atoms with Crippen LogP contribution in [-0.4, -0.2) is 33.1 Å². The summed E-state index contributed by atoms with van der Waals surface area (Å²) in [6.07, 6.45) is 1.42. The Bertz CT molecular complexity index is 1890. The highest BCUT2D eigenvalue weighted by molar-refractivity contribution is 7.92. The molecule has 0 fully saturated rings. The van der Waals surface area contributed by atoms with Crippen LogP contribution in [0.2, 0.25) is 0 Å². The second-order valence-electron chi connectivity index (χ2n) is 9.24. The van der Waals surface area contributed by atoms with Gasteiger partial charge in [-0.2, -0.15) is 5.10 Å². The number of hydrazone groups is 1. The van der Waals surface area contributed by atoms with E-state index in [1.807, 2.05) is 37.3 Å². The van der Waals surface area contributed by atoms with Crippen LogP contribution < -0.4 is 19.6 Å². The highest BCUT2D eigenvalue weighted by atomic mass is 32.2. The van der Waals surface area contributed by atoms with Gasteiger partial charge in [-0.05, 0) is 84.4 Å². The number of anilines is 1. The van der Waals surface area contributed by atoms with Crippen molar-refractivity contribution in [2.24, 2.45) is 5.10 Å². The number of nitrogens with one attached hydrogen (secondary N) is 2. The highest BCUT2D eigenvalue weighted by Gasteiger charge is 2.15. The second-order valence-corrected chi connectivity index (χ2v) is 10.9. The molecule has 1 amide bonds. The summed E-state index contributed by atoms with van der Waals surface area (Å²) >= 11 is 0. The molecule has 0 aliphatic heterocycles. The average Bonchev–Trinajstić information content (AvgIpc) is 3.03. The van der Waals surface area contributed by atoms with Crippen LogP contribution in [0.15, 0.2) is 125 Å². The number of rotatable bonds is 10. The molecular formula is C33H27N3O6S. The molecule has 0 aromatic heterocycles. The first-order valence-electron chi connectivity index (χ1n) is 13.3. The number of carbonyl (C=O) groups is 2. The number of nitrogens with zero attached hydrogens (tertiary/aromatic N) is 1. The molecule has 0 aliphatic carbocycles. The average molecular weight is 594 g/mol. The number of hydrogen-bond donors (Lipinski definition) is 2. The molecule has 9 nitrogen and oxygen atoms in total. The Morgan fingerprint density at radius 2 is 1.47 bits per heavy atom. The van der Waals surface area contributed by atoms with Gasteiger partial charge in [0.1, 0.15) is 11.5 Å². The van der Waals surface area contributed by atoms with Crippen molar-refractivity contribution in [3.05, 3.63) is 132 Å². The van der Waals surface area contributed by atoms with Gasteiger partial charge >= 0.3 is 5.97 Å². The number of esters is 1. The maximum absolute atomic E-state index is 12.9. The molecule has 0 unspecified atom stereocenters. The van der Waals surface area contributed by atoms with Gasteiger partial charge in [-0.15, -0.1) is 0 Å². The summed E-state index contributed by atoms with van der Waals surface area (Å²) in [5.74, 6) is -0.149. The fourth-order valence-electron chi connectivity index (χ4n) is 4.23. The van der Waals surface area contributed by atoms with E-state index in [-0.39, 0.29) is 16.2 Å². The van der Waals surface area contributed by atoms with Gasteiger partial charge < -0.3 is 9.47 Å². The minimum atomic E-state index is -3.76. The first-order chi connectivity index (χ1) is 20.8. The van der Waals surface area contributed by atoms with Crippen LogP contribution in [0.4, 0.5) is 5.69 Å². The lowest BCUT2D eigenvalue weighted by atomic mass is 10.0. The highest BCUT2D eigenvalue weighted by Crippen LogP contribution is 2.28. The van der Waals surface area contributed by atoms with E-state index in [1.165, 1.54) is 42.6 Å². The molecule has 0 saturated heterocycles. The molecular weight excluding hydrogens is 566 g/mol. The lowest BCUT2D eigenvalue weighted by Crippen LogP contribution is -2.18. The molecule has 0 saturated carbocycles. The van der Waals surface area contributed by atoms with E-state index in [0.717, 1.165) is 10.8 Å². The Labute approximate surface area is 248 Å². The number of ether oxygens (including phenoxy) is 2. The number of sulfonamides is 1. The largest absolute Gasteiger partial charge is 0.494 e. The third-order valence-electron chi connectivity index (χ3n) is 6.35. The zero-order valence-corrected chi connectivity index (χ0v) is 23.9. The Kier molecular flexibility index (Phi) is 8.78. The van der Waals surface area contributed by atoms with E-state index >= 15 is 0 Å². The quantitative estimate of drug-likeness (QED) is 0.0883. The summed E-state index contributed by atoms with van der Waals surface area (Å²) in [6, 6.07) is 31.6. The summed E-state index contributed by atoms with van der Waals surface area (Å²) in [5.41, 5.74) is 3.89. The maximum atomic E-state index is 12.9. The molecule has 0 aliphatic rings. The van der Waals surface area contributed by atoms with Gasteiger partial charge in [0.2, 0.25) is 0 Å². The van der Waals surface area contributed by atoms with E-state index in [4.69, 9.17) is 9.47 Å². The molecule has 43 heavy (non-hydrogen) atoms. The Balaban J connectivity index is 1.30. The molecule has 10 heteroatoms. The van der Waals surface area contributed by atoms with E-state index in [0.29, 0.717) is 29.2 Å². The SMILES string of the molecule is CCOc1ccc(C(=O)Oc2ccc3ccccc3c2C=NNC(=O)c2ccc(NS(=O)(=O)c3ccccc3)cc2)cc1. The summed E-state index contributed by atoms with van der Waals surface area (Å²) < 4.78 is 38.8. The monoisotopic (exact) mass is 593 g/mol. The van der Waals surface area contributed by atoms with E-state index < -0.39 is 21.9 Å². The van der Waals surface area contributed by atoms with Gasteiger partial charge in [0.25, 0.3) is 15.9 Å². The van der Waals surface area contributed by atoms with Crippen molar-refractivity contribution >= 4 is 44.6 Å². The van der Waals surface area contributed by atoms with E-state index in [2.05, 4.69) is 15.2 Å². The van der Waals surface area contributed by atoms with Crippen LogP contribution in [0.1, 0.15) is 33.2 Å². The van der Waals surface area contributed by atoms with Crippen molar-refractivity contribution < 1.29 is 27.5 Å². The van der Waals surface area contributed by atoms with Crippen molar-refractivity contribution in [1.82, 2.24) is 5.43 Å². The van der Waals surface area contributed by atoms with E-state index in [9.17, 15) is 18.0 Å². The van der Waals surface area contributed by atoms with Gasteiger partial charge in [0.05, 0.1) is 23.3 Å². The van der Waals surface area contributed by atoms with Crippen molar-refractivity contribution in [2.75, 3.05) is 11.3 Å². The standard InChI is InChI=1S/C33H27N3O6S/c1-2-41-27-19-14-25(15-20-27)33(38)42-31-21-16-23-8-6-7-11-29(23)30(31)22-34-35-32(37)24-12-17-26(18-13-24)36-43(39,40)28-9-4-3-5-10-28/h3-22,36H,2H2,1H3,(H,35,37). The molecule has 0 spiro atoms. The molecule has 2 N–H and O–H groups in total. The Morgan fingerprint density at radius 3 is 2.19 bits per heavy atom. The van der Waals surface area contributed by atoms with Crippen LogP contribution in [0.25, 0.3) is 10.8 Å². The third-order valence-corrected chi connectivity index (χ3v) is 7.74. The predicted octanol–water partition coefficient (Wildman–Crippen LogP) is 6.02. The van der Waals surface area contributed by atoms with Crippen LogP contribution in [0.3, 0.4) is 0 Å². The Morgan fingerprint density at radius 1 is 0.791 bits per heavy atom. The summed E-state index contributed by atoms with van der Waals surface area (Å²) in [5, 5.41) is 5.78. The minimum absolute atomic E-state index is 0.129. The number of carbonyl (C=O) groups excluding carboxylic acids is 2. The second kappa shape index (κ2) is 13.0. The molecule has 5 rings (SSSR count). The fourth-order valence-corrected chi connectivity index (χ4v) is 5.31. The van der Waals surface area contributed by atoms with Crippen LogP contribution in [0.5, 0.6) is 11.5 Å². The number of hydrogen-bond acceptors (Lipinski definition) is 7. The normalized spacial score (nSPS) is 11.3. The lowest BCUT2D eigenvalue weighted by Gasteiger charge is -2.11. The number of fused-ring (bicyclic) bond motifs is 1. The third kappa shape index (κ3) is 7.06.